The van der Waals surface area contributed by atoms with Crippen LogP contribution in [0.15, 0.2) is 38.8 Å². The van der Waals surface area contributed by atoms with Gasteiger partial charge in [-0.1, -0.05) is 23.9 Å². The summed E-state index contributed by atoms with van der Waals surface area (Å²) in [5.74, 6) is -0.415. The molecule has 0 spiro atoms. The van der Waals surface area contributed by atoms with Crippen molar-refractivity contribution in [2.24, 2.45) is 19.1 Å². The Morgan fingerprint density at radius 3 is 2.65 bits per heavy atom. The third-order valence-electron chi connectivity index (χ3n) is 5.54. The second kappa shape index (κ2) is 9.55. The van der Waals surface area contributed by atoms with Crippen molar-refractivity contribution in [1.29, 1.82) is 0 Å². The molecule has 0 saturated carbocycles. The molecule has 0 radical (unpaired) electrons. The maximum atomic E-state index is 12.9. The summed E-state index contributed by atoms with van der Waals surface area (Å²) < 4.78 is 1.92. The van der Waals surface area contributed by atoms with Gasteiger partial charge in [0.1, 0.15) is 10.6 Å². The van der Waals surface area contributed by atoms with Gasteiger partial charge in [0.2, 0.25) is 11.8 Å². The molecule has 2 heterocycles. The zero-order chi connectivity index (χ0) is 22.7. The van der Waals surface area contributed by atoms with Crippen LogP contribution in [0.4, 0.5) is 5.69 Å². The zero-order valence-electron chi connectivity index (χ0n) is 18.3. The Balaban J connectivity index is 2.02. The van der Waals surface area contributed by atoms with Crippen molar-refractivity contribution < 1.29 is 9.90 Å². The van der Waals surface area contributed by atoms with Gasteiger partial charge >= 0.3 is 5.69 Å². The van der Waals surface area contributed by atoms with Crippen LogP contribution in [-0.2, 0) is 18.9 Å². The first-order valence-electron chi connectivity index (χ1n) is 10.3. The molecule has 9 heteroatoms. The van der Waals surface area contributed by atoms with Gasteiger partial charge in [0, 0.05) is 26.7 Å². The lowest BCUT2D eigenvalue weighted by atomic mass is 10.0. The Labute approximate surface area is 185 Å². The molecule has 1 fully saturated rings. The Bertz CT molecular complexity index is 1140. The van der Waals surface area contributed by atoms with Crippen LogP contribution in [0.2, 0.25) is 0 Å². The van der Waals surface area contributed by atoms with Gasteiger partial charge in [-0.15, -0.1) is 0 Å². The Morgan fingerprint density at radius 1 is 1.23 bits per heavy atom. The van der Waals surface area contributed by atoms with Gasteiger partial charge < -0.3 is 10.0 Å². The monoisotopic (exact) mass is 444 g/mol. The molecule has 8 nitrogen and oxygen atoms in total. The maximum absolute atomic E-state index is 12.9. The molecule has 1 amide bonds. The number of amides is 1. The molecular weight excluding hydrogens is 416 g/mol. The zero-order valence-corrected chi connectivity index (χ0v) is 19.1. The summed E-state index contributed by atoms with van der Waals surface area (Å²) in [7, 11) is 2.74. The highest BCUT2D eigenvalue weighted by molar-refractivity contribution is 8.15. The quantitative estimate of drug-likeness (QED) is 0.577. The predicted molar refractivity (Wildman–Crippen MR) is 123 cm³/mol. The fraction of sp³-hybridized carbons (Fsp3) is 0.455. The normalized spacial score (nSPS) is 17.1. The number of carbonyl (C=O) groups excluding carboxylic acids is 1. The van der Waals surface area contributed by atoms with Crippen LogP contribution in [0, 0.1) is 6.92 Å². The lowest BCUT2D eigenvalue weighted by Gasteiger charge is -2.33. The number of benzene rings is 1. The topological polar surface area (TPSA) is 96.9 Å². The second-order valence-corrected chi connectivity index (χ2v) is 8.84. The highest BCUT2D eigenvalue weighted by Crippen LogP contribution is 2.25. The van der Waals surface area contributed by atoms with E-state index in [-0.39, 0.29) is 28.3 Å². The van der Waals surface area contributed by atoms with E-state index in [1.807, 2.05) is 36.9 Å². The Morgan fingerprint density at radius 2 is 1.97 bits per heavy atom. The fourth-order valence-electron chi connectivity index (χ4n) is 3.68. The molecule has 1 aliphatic rings. The van der Waals surface area contributed by atoms with E-state index in [0.717, 1.165) is 52.3 Å². The van der Waals surface area contributed by atoms with E-state index in [1.54, 1.807) is 6.07 Å². The van der Waals surface area contributed by atoms with E-state index in [4.69, 9.17) is 0 Å². The minimum atomic E-state index is -0.654. The number of rotatable bonds is 4. The van der Waals surface area contributed by atoms with Crippen molar-refractivity contribution in [2.45, 2.75) is 39.2 Å². The smallest absolute Gasteiger partial charge is 0.333 e. The third-order valence-corrected chi connectivity index (χ3v) is 6.50. The van der Waals surface area contributed by atoms with E-state index < -0.39 is 17.1 Å². The number of carbonyl (C=O) groups is 1. The Hall–Kier alpha value is -2.81. The molecule has 1 aromatic carbocycles. The molecule has 0 aliphatic carbocycles. The van der Waals surface area contributed by atoms with E-state index in [9.17, 15) is 19.5 Å². The molecule has 166 valence electrons. The van der Waals surface area contributed by atoms with Gasteiger partial charge in [-0.05, 0) is 50.8 Å². The highest BCUT2D eigenvalue weighted by atomic mass is 32.2. The number of thioether (sulfide) groups is 1. The molecule has 1 atom stereocenters. The van der Waals surface area contributed by atoms with Gasteiger partial charge in [-0.3, -0.25) is 18.7 Å². The van der Waals surface area contributed by atoms with E-state index in [2.05, 4.69) is 4.99 Å². The summed E-state index contributed by atoms with van der Waals surface area (Å²) in [4.78, 5) is 44.3. The Kier molecular flexibility index (Phi) is 7.04. The van der Waals surface area contributed by atoms with E-state index in [0.29, 0.717) is 5.69 Å². The summed E-state index contributed by atoms with van der Waals surface area (Å²) in [5.41, 5.74) is 0.205. The molecule has 2 aromatic rings. The summed E-state index contributed by atoms with van der Waals surface area (Å²) in [6.45, 7) is 4.69. The lowest BCUT2D eigenvalue weighted by molar-refractivity contribution is -0.131. The SMILES string of the molecule is Cc1cccc(N=C(SCC(=O)N2CCCCC2C)c2c(O)n(C)c(=O)n(C)c2=O)c1. The molecule has 1 saturated heterocycles. The van der Waals surface area contributed by atoms with Crippen molar-refractivity contribution in [1.82, 2.24) is 14.0 Å². The lowest BCUT2D eigenvalue weighted by Crippen LogP contribution is -2.43. The van der Waals surface area contributed by atoms with Crippen LogP contribution in [0.25, 0.3) is 0 Å². The molecule has 1 aromatic heterocycles. The van der Waals surface area contributed by atoms with Crippen molar-refractivity contribution in [3.63, 3.8) is 0 Å². The fourth-order valence-corrected chi connectivity index (χ4v) is 4.60. The number of aryl methyl sites for hydroxylation is 1. The van der Waals surface area contributed by atoms with Crippen molar-refractivity contribution in [3.8, 4) is 5.88 Å². The second-order valence-electron chi connectivity index (χ2n) is 7.88. The third kappa shape index (κ3) is 4.92. The van der Waals surface area contributed by atoms with Crippen LogP contribution in [0.5, 0.6) is 5.88 Å². The first-order valence-corrected chi connectivity index (χ1v) is 11.3. The minimum Gasteiger partial charge on any atom is -0.494 e. The van der Waals surface area contributed by atoms with Crippen LogP contribution in [-0.4, -0.2) is 48.4 Å². The first-order chi connectivity index (χ1) is 14.7. The summed E-state index contributed by atoms with van der Waals surface area (Å²) >= 11 is 1.10. The largest absolute Gasteiger partial charge is 0.494 e. The molecule has 1 aliphatic heterocycles. The number of aromatic hydroxyl groups is 1. The van der Waals surface area contributed by atoms with Gasteiger partial charge in [0.15, 0.2) is 0 Å². The van der Waals surface area contributed by atoms with Gasteiger partial charge in [-0.2, -0.15) is 0 Å². The summed E-state index contributed by atoms with van der Waals surface area (Å²) in [6, 6.07) is 7.58. The van der Waals surface area contributed by atoms with E-state index in [1.165, 1.54) is 14.1 Å². The predicted octanol–water partition coefficient (Wildman–Crippen LogP) is 2.31. The summed E-state index contributed by atoms with van der Waals surface area (Å²) in [6.07, 6.45) is 3.07. The average Bonchev–Trinajstić information content (AvgIpc) is 2.74. The number of piperidine rings is 1. The molecule has 31 heavy (non-hydrogen) atoms. The number of aromatic nitrogens is 2. The van der Waals surface area contributed by atoms with Crippen LogP contribution < -0.4 is 11.2 Å². The number of hydrogen-bond donors (Lipinski definition) is 1. The van der Waals surface area contributed by atoms with Crippen LogP contribution in [0.3, 0.4) is 0 Å². The number of hydrogen-bond acceptors (Lipinski definition) is 6. The summed E-state index contributed by atoms with van der Waals surface area (Å²) in [5, 5.41) is 10.8. The molecule has 1 unspecified atom stereocenters. The van der Waals surface area contributed by atoms with Gasteiger partial charge in [0.05, 0.1) is 11.4 Å². The molecule has 1 N–H and O–H groups in total. The molecule has 0 bridgehead atoms. The highest BCUT2D eigenvalue weighted by Gasteiger charge is 2.26. The maximum Gasteiger partial charge on any atom is 0.333 e. The van der Waals surface area contributed by atoms with Crippen LogP contribution >= 0.6 is 11.8 Å². The molecule has 3 rings (SSSR count). The number of nitrogens with zero attached hydrogens (tertiary/aromatic N) is 4. The van der Waals surface area contributed by atoms with Crippen molar-refractivity contribution >= 4 is 28.4 Å². The van der Waals surface area contributed by atoms with Crippen LogP contribution in [0.1, 0.15) is 37.3 Å². The first kappa shape index (κ1) is 22.9. The van der Waals surface area contributed by atoms with Crippen molar-refractivity contribution in [2.75, 3.05) is 12.3 Å². The van der Waals surface area contributed by atoms with Gasteiger partial charge in [-0.25, -0.2) is 9.79 Å². The minimum absolute atomic E-state index is 0.0322. The molecular formula is C22H28N4O4S. The standard InChI is InChI=1S/C22H28N4O4S/c1-14-8-7-10-16(12-14)23-19(18-20(28)24(3)22(30)25(4)21(18)29)31-13-17(27)26-11-6-5-9-15(26)2/h7-8,10,12,15,28H,5-6,9,11,13H2,1-4H3. The van der Waals surface area contributed by atoms with E-state index >= 15 is 0 Å². The van der Waals surface area contributed by atoms with Gasteiger partial charge in [0.25, 0.3) is 5.56 Å². The number of aliphatic imine (C=N–C) groups is 1. The van der Waals surface area contributed by atoms with Crippen molar-refractivity contribution in [3.05, 3.63) is 56.2 Å². The number of likely N-dealkylation sites (tertiary alicyclic amines) is 1. The average molecular weight is 445 g/mol.